The minimum absolute atomic E-state index is 0.150. The van der Waals surface area contributed by atoms with Crippen LogP contribution in [-0.2, 0) is 0 Å². The lowest BCUT2D eigenvalue weighted by molar-refractivity contribution is 0.0621. The number of carbonyl (C=O) groups is 1. The van der Waals surface area contributed by atoms with Gasteiger partial charge in [-0.15, -0.1) is 0 Å². The molecule has 1 fully saturated rings. The van der Waals surface area contributed by atoms with Crippen molar-refractivity contribution in [2.24, 2.45) is 11.7 Å². The molecular weight excluding hydrogens is 259 g/mol. The quantitative estimate of drug-likeness (QED) is 0.876. The average molecular weight is 280 g/mol. The molecule has 0 aliphatic carbocycles. The lowest BCUT2D eigenvalue weighted by Gasteiger charge is -2.35. The number of pyridine rings is 1. The zero-order chi connectivity index (χ0) is 14.5. The minimum atomic E-state index is -0.480. The molecule has 20 heavy (non-hydrogen) atoms. The van der Waals surface area contributed by atoms with Gasteiger partial charge in [-0.05, 0) is 18.5 Å². The molecule has 110 valence electrons. The topological polar surface area (TPSA) is 62.5 Å². The van der Waals surface area contributed by atoms with Crippen molar-refractivity contribution < 1.29 is 9.18 Å². The summed E-state index contributed by atoms with van der Waals surface area (Å²) in [5, 5.41) is 0. The van der Waals surface area contributed by atoms with Crippen molar-refractivity contribution in [3.8, 4) is 0 Å². The van der Waals surface area contributed by atoms with Crippen LogP contribution in [-0.4, -0.2) is 60.0 Å². The van der Waals surface area contributed by atoms with E-state index in [4.69, 9.17) is 5.73 Å². The van der Waals surface area contributed by atoms with E-state index in [2.05, 4.69) is 16.8 Å². The van der Waals surface area contributed by atoms with Gasteiger partial charge in [-0.25, -0.2) is 4.39 Å². The average Bonchev–Trinajstić information content (AvgIpc) is 2.47. The molecule has 1 aliphatic rings. The maximum absolute atomic E-state index is 13.1. The lowest BCUT2D eigenvalue weighted by atomic mass is 10.1. The van der Waals surface area contributed by atoms with Crippen LogP contribution in [0, 0.1) is 11.7 Å². The zero-order valence-electron chi connectivity index (χ0n) is 11.8. The lowest BCUT2D eigenvalue weighted by Crippen LogP contribution is -2.50. The highest BCUT2D eigenvalue weighted by atomic mass is 19.1. The van der Waals surface area contributed by atoms with Crippen molar-refractivity contribution in [2.75, 3.05) is 39.3 Å². The van der Waals surface area contributed by atoms with Crippen molar-refractivity contribution in [3.63, 3.8) is 0 Å². The van der Waals surface area contributed by atoms with E-state index < -0.39 is 5.82 Å². The van der Waals surface area contributed by atoms with Gasteiger partial charge in [-0.2, -0.15) is 0 Å². The highest BCUT2D eigenvalue weighted by Crippen LogP contribution is 2.10. The number of piperazine rings is 1. The SMILES string of the molecule is CC(CN)CN1CCN(C(=O)c2cncc(F)c2)CC1. The highest BCUT2D eigenvalue weighted by molar-refractivity contribution is 5.94. The maximum atomic E-state index is 13.1. The standard InChI is InChI=1S/C14H21FN4O/c1-11(7-16)10-18-2-4-19(5-3-18)14(20)12-6-13(15)9-17-8-12/h6,8-9,11H,2-5,7,10,16H2,1H3. The predicted octanol–water partition coefficient (Wildman–Crippen LogP) is 0.573. The van der Waals surface area contributed by atoms with Gasteiger partial charge >= 0.3 is 0 Å². The molecule has 1 unspecified atom stereocenters. The Morgan fingerprint density at radius 3 is 2.70 bits per heavy atom. The van der Waals surface area contributed by atoms with Crippen LogP contribution in [0.5, 0.6) is 0 Å². The van der Waals surface area contributed by atoms with E-state index in [1.165, 1.54) is 12.3 Å². The Labute approximate surface area is 118 Å². The first-order valence-electron chi connectivity index (χ1n) is 6.92. The van der Waals surface area contributed by atoms with Crippen LogP contribution in [0.15, 0.2) is 18.5 Å². The molecule has 0 bridgehead atoms. The summed E-state index contributed by atoms with van der Waals surface area (Å²) in [5.41, 5.74) is 5.93. The molecule has 1 aliphatic heterocycles. The number of amides is 1. The van der Waals surface area contributed by atoms with Gasteiger partial charge in [0.05, 0.1) is 11.8 Å². The fraction of sp³-hybridized carbons (Fsp3) is 0.571. The number of rotatable bonds is 4. The number of aromatic nitrogens is 1. The van der Waals surface area contributed by atoms with Crippen molar-refractivity contribution >= 4 is 5.91 Å². The molecule has 2 rings (SSSR count). The first-order chi connectivity index (χ1) is 9.60. The van der Waals surface area contributed by atoms with Crippen molar-refractivity contribution in [1.82, 2.24) is 14.8 Å². The molecule has 0 aromatic carbocycles. The summed E-state index contributed by atoms with van der Waals surface area (Å²) >= 11 is 0. The third kappa shape index (κ3) is 3.74. The van der Waals surface area contributed by atoms with E-state index in [0.29, 0.717) is 31.1 Å². The molecule has 6 heteroatoms. The second kappa shape index (κ2) is 6.76. The Hall–Kier alpha value is -1.53. The van der Waals surface area contributed by atoms with Crippen LogP contribution in [0.2, 0.25) is 0 Å². The maximum Gasteiger partial charge on any atom is 0.255 e. The molecule has 0 radical (unpaired) electrons. The summed E-state index contributed by atoms with van der Waals surface area (Å²) in [7, 11) is 0. The first-order valence-corrected chi connectivity index (χ1v) is 6.92. The summed E-state index contributed by atoms with van der Waals surface area (Å²) in [6.45, 7) is 6.74. The van der Waals surface area contributed by atoms with Crippen LogP contribution < -0.4 is 5.73 Å². The van der Waals surface area contributed by atoms with Crippen LogP contribution >= 0.6 is 0 Å². The fourth-order valence-electron chi connectivity index (χ4n) is 2.36. The second-order valence-electron chi connectivity index (χ2n) is 5.33. The minimum Gasteiger partial charge on any atom is -0.336 e. The molecular formula is C14H21FN4O. The fourth-order valence-corrected chi connectivity index (χ4v) is 2.36. The largest absolute Gasteiger partial charge is 0.336 e. The van der Waals surface area contributed by atoms with Crippen LogP contribution in [0.3, 0.4) is 0 Å². The van der Waals surface area contributed by atoms with Crippen LogP contribution in [0.1, 0.15) is 17.3 Å². The summed E-state index contributed by atoms with van der Waals surface area (Å²) in [6.07, 6.45) is 2.51. The summed E-state index contributed by atoms with van der Waals surface area (Å²) < 4.78 is 13.1. The van der Waals surface area contributed by atoms with Gasteiger partial charge in [0, 0.05) is 38.9 Å². The van der Waals surface area contributed by atoms with Gasteiger partial charge in [0.2, 0.25) is 0 Å². The molecule has 1 atom stereocenters. The third-order valence-electron chi connectivity index (χ3n) is 3.58. The first kappa shape index (κ1) is 14.9. The van der Waals surface area contributed by atoms with E-state index in [1.54, 1.807) is 4.90 Å². The molecule has 2 N–H and O–H groups in total. The number of nitrogens with zero attached hydrogens (tertiary/aromatic N) is 3. The number of hydrogen-bond acceptors (Lipinski definition) is 4. The summed E-state index contributed by atoms with van der Waals surface area (Å²) in [5.74, 6) is -0.167. The normalized spacial score (nSPS) is 18.1. The predicted molar refractivity (Wildman–Crippen MR) is 74.8 cm³/mol. The van der Waals surface area contributed by atoms with E-state index in [0.717, 1.165) is 25.8 Å². The van der Waals surface area contributed by atoms with Crippen LogP contribution in [0.25, 0.3) is 0 Å². The molecule has 2 heterocycles. The molecule has 1 amide bonds. The van der Waals surface area contributed by atoms with E-state index in [1.807, 2.05) is 0 Å². The second-order valence-corrected chi connectivity index (χ2v) is 5.33. The Bertz CT molecular complexity index is 460. The number of halogens is 1. The molecule has 1 saturated heterocycles. The molecule has 5 nitrogen and oxygen atoms in total. The smallest absolute Gasteiger partial charge is 0.255 e. The molecule has 1 aromatic heterocycles. The number of nitrogens with two attached hydrogens (primary N) is 1. The van der Waals surface area contributed by atoms with Gasteiger partial charge in [0.1, 0.15) is 5.82 Å². The molecule has 0 spiro atoms. The highest BCUT2D eigenvalue weighted by Gasteiger charge is 2.23. The molecule has 0 saturated carbocycles. The Balaban J connectivity index is 1.89. The Morgan fingerprint density at radius 2 is 2.10 bits per heavy atom. The Kier molecular flexibility index (Phi) is 5.03. The van der Waals surface area contributed by atoms with Crippen LogP contribution in [0.4, 0.5) is 4.39 Å². The van der Waals surface area contributed by atoms with Gasteiger partial charge in [0.15, 0.2) is 0 Å². The van der Waals surface area contributed by atoms with Crippen molar-refractivity contribution in [1.29, 1.82) is 0 Å². The molecule has 1 aromatic rings. The zero-order valence-corrected chi connectivity index (χ0v) is 11.8. The van der Waals surface area contributed by atoms with Gasteiger partial charge in [0.25, 0.3) is 5.91 Å². The van der Waals surface area contributed by atoms with E-state index in [-0.39, 0.29) is 5.91 Å². The third-order valence-corrected chi connectivity index (χ3v) is 3.58. The van der Waals surface area contributed by atoms with E-state index in [9.17, 15) is 9.18 Å². The van der Waals surface area contributed by atoms with Crippen molar-refractivity contribution in [2.45, 2.75) is 6.92 Å². The number of hydrogen-bond donors (Lipinski definition) is 1. The van der Waals surface area contributed by atoms with Crippen molar-refractivity contribution in [3.05, 3.63) is 29.8 Å². The summed E-state index contributed by atoms with van der Waals surface area (Å²) in [4.78, 5) is 20.0. The van der Waals surface area contributed by atoms with Gasteiger partial charge in [-0.3, -0.25) is 14.7 Å². The monoisotopic (exact) mass is 280 g/mol. The number of carbonyl (C=O) groups excluding carboxylic acids is 1. The van der Waals surface area contributed by atoms with Gasteiger partial charge < -0.3 is 10.6 Å². The van der Waals surface area contributed by atoms with Gasteiger partial charge in [-0.1, -0.05) is 6.92 Å². The Morgan fingerprint density at radius 1 is 1.40 bits per heavy atom. The summed E-state index contributed by atoms with van der Waals surface area (Å²) in [6, 6.07) is 1.23. The van der Waals surface area contributed by atoms with E-state index >= 15 is 0 Å².